The number of carbonyl (C=O) groups excluding carboxylic acids is 1. The van der Waals surface area contributed by atoms with Gasteiger partial charge in [-0.1, -0.05) is 12.1 Å². The van der Waals surface area contributed by atoms with Gasteiger partial charge in [-0.15, -0.1) is 11.8 Å². The first-order valence-electron chi connectivity index (χ1n) is 8.42. The van der Waals surface area contributed by atoms with E-state index in [1.807, 2.05) is 25.9 Å². The molecule has 1 amide bonds. The number of anilines is 1. The molecule has 134 valence electrons. The van der Waals surface area contributed by atoms with Crippen LogP contribution in [0.5, 0.6) is 0 Å². The molecule has 0 saturated carbocycles. The molecule has 25 heavy (non-hydrogen) atoms. The van der Waals surface area contributed by atoms with Crippen molar-refractivity contribution in [1.82, 2.24) is 4.90 Å². The van der Waals surface area contributed by atoms with E-state index in [2.05, 4.69) is 29.2 Å². The second kappa shape index (κ2) is 9.47. The Balaban J connectivity index is 1.84. The fourth-order valence-corrected chi connectivity index (χ4v) is 3.28. The number of benzene rings is 2. The maximum atomic E-state index is 12.9. The smallest absolute Gasteiger partial charge is 0.223 e. The average Bonchev–Trinajstić information content (AvgIpc) is 2.61. The van der Waals surface area contributed by atoms with Crippen molar-refractivity contribution in [3.8, 4) is 0 Å². The summed E-state index contributed by atoms with van der Waals surface area (Å²) in [6.07, 6.45) is 0.478. The van der Waals surface area contributed by atoms with E-state index in [0.717, 1.165) is 16.1 Å². The lowest BCUT2D eigenvalue weighted by Crippen LogP contribution is -2.30. The normalized spacial score (nSPS) is 10.6. The van der Waals surface area contributed by atoms with Gasteiger partial charge in [0, 0.05) is 49.9 Å². The minimum atomic E-state index is -0.238. The Kier molecular flexibility index (Phi) is 7.31. The highest BCUT2D eigenvalue weighted by atomic mass is 32.2. The summed E-state index contributed by atoms with van der Waals surface area (Å²) < 4.78 is 12.9. The second-order valence-corrected chi connectivity index (χ2v) is 7.19. The molecule has 2 aromatic rings. The molecule has 0 saturated heterocycles. The van der Waals surface area contributed by atoms with Crippen LogP contribution in [-0.4, -0.2) is 37.2 Å². The molecule has 5 heteroatoms. The monoisotopic (exact) mass is 360 g/mol. The third kappa shape index (κ3) is 6.09. The van der Waals surface area contributed by atoms with Gasteiger partial charge in [-0.3, -0.25) is 4.79 Å². The summed E-state index contributed by atoms with van der Waals surface area (Å²) in [6, 6.07) is 14.6. The molecule has 2 rings (SSSR count). The van der Waals surface area contributed by atoms with Gasteiger partial charge in [-0.25, -0.2) is 4.39 Å². The van der Waals surface area contributed by atoms with Crippen molar-refractivity contribution in [2.45, 2.75) is 24.8 Å². The van der Waals surface area contributed by atoms with E-state index < -0.39 is 0 Å². The largest absolute Gasteiger partial charge is 0.378 e. The first kappa shape index (κ1) is 19.3. The highest BCUT2D eigenvalue weighted by molar-refractivity contribution is 7.99. The summed E-state index contributed by atoms with van der Waals surface area (Å²) in [5.74, 6) is 0.604. The first-order valence-corrected chi connectivity index (χ1v) is 9.40. The maximum Gasteiger partial charge on any atom is 0.223 e. The molecule has 0 radical (unpaired) electrons. The van der Waals surface area contributed by atoms with Gasteiger partial charge >= 0.3 is 0 Å². The standard InChI is InChI=1S/C20H25FN2OS/c1-4-23(15-16-5-9-18(10-6-16)22(2)3)20(24)13-14-25-19-11-7-17(21)8-12-19/h5-12H,4,13-15H2,1-3H3. The van der Waals surface area contributed by atoms with Crippen LogP contribution in [0, 0.1) is 5.82 Å². The predicted octanol–water partition coefficient (Wildman–Crippen LogP) is 4.42. The predicted molar refractivity (Wildman–Crippen MR) is 104 cm³/mol. The van der Waals surface area contributed by atoms with E-state index in [0.29, 0.717) is 25.3 Å². The fourth-order valence-electron chi connectivity index (χ4n) is 2.44. The molecule has 0 N–H and O–H groups in total. The Bertz CT molecular complexity index is 671. The number of hydrogen-bond acceptors (Lipinski definition) is 3. The Hall–Kier alpha value is -2.01. The third-order valence-corrected chi connectivity index (χ3v) is 4.97. The number of thioether (sulfide) groups is 1. The van der Waals surface area contributed by atoms with E-state index in [4.69, 9.17) is 0 Å². The van der Waals surface area contributed by atoms with Crippen LogP contribution >= 0.6 is 11.8 Å². The van der Waals surface area contributed by atoms with Crippen LogP contribution in [0.4, 0.5) is 10.1 Å². The van der Waals surface area contributed by atoms with Crippen LogP contribution in [0.3, 0.4) is 0 Å². The number of amides is 1. The van der Waals surface area contributed by atoms with Crippen molar-refractivity contribution in [2.24, 2.45) is 0 Å². The molecule has 0 bridgehead atoms. The van der Waals surface area contributed by atoms with Crippen LogP contribution in [0.2, 0.25) is 0 Å². The van der Waals surface area contributed by atoms with Crippen LogP contribution in [-0.2, 0) is 11.3 Å². The topological polar surface area (TPSA) is 23.6 Å². The number of rotatable bonds is 8. The van der Waals surface area contributed by atoms with E-state index >= 15 is 0 Å². The minimum absolute atomic E-state index is 0.147. The highest BCUT2D eigenvalue weighted by Crippen LogP contribution is 2.20. The molecule has 0 heterocycles. The molecular weight excluding hydrogens is 335 g/mol. The maximum absolute atomic E-state index is 12.9. The van der Waals surface area contributed by atoms with Gasteiger partial charge in [0.05, 0.1) is 0 Å². The molecule has 2 aromatic carbocycles. The highest BCUT2D eigenvalue weighted by Gasteiger charge is 2.12. The van der Waals surface area contributed by atoms with Crippen LogP contribution < -0.4 is 4.90 Å². The van der Waals surface area contributed by atoms with Crippen molar-refractivity contribution in [3.63, 3.8) is 0 Å². The summed E-state index contributed by atoms with van der Waals surface area (Å²) in [7, 11) is 4.02. The van der Waals surface area contributed by atoms with Gasteiger partial charge in [0.15, 0.2) is 0 Å². The second-order valence-electron chi connectivity index (χ2n) is 6.02. The Morgan fingerprint density at radius 3 is 2.24 bits per heavy atom. The summed E-state index contributed by atoms with van der Waals surface area (Å²) in [4.78, 5) is 17.4. The Morgan fingerprint density at radius 2 is 1.68 bits per heavy atom. The van der Waals surface area contributed by atoms with Crippen LogP contribution in [0.15, 0.2) is 53.4 Å². The van der Waals surface area contributed by atoms with Crippen molar-refractivity contribution in [3.05, 3.63) is 59.9 Å². The zero-order chi connectivity index (χ0) is 18.2. The molecule has 0 aliphatic rings. The van der Waals surface area contributed by atoms with Gasteiger partial charge in [0.2, 0.25) is 5.91 Å². The number of hydrogen-bond donors (Lipinski definition) is 0. The first-order chi connectivity index (χ1) is 12.0. The van der Waals surface area contributed by atoms with E-state index in [9.17, 15) is 9.18 Å². The number of nitrogens with zero attached hydrogens (tertiary/aromatic N) is 2. The van der Waals surface area contributed by atoms with Crippen molar-refractivity contribution in [1.29, 1.82) is 0 Å². The number of halogens is 1. The molecule has 0 aliphatic carbocycles. The summed E-state index contributed by atoms with van der Waals surface area (Å²) >= 11 is 1.58. The zero-order valence-corrected chi connectivity index (χ0v) is 15.9. The van der Waals surface area contributed by atoms with Gasteiger partial charge in [0.1, 0.15) is 5.82 Å². The zero-order valence-electron chi connectivity index (χ0n) is 15.0. The lowest BCUT2D eigenvalue weighted by Gasteiger charge is -2.21. The Morgan fingerprint density at radius 1 is 1.04 bits per heavy atom. The van der Waals surface area contributed by atoms with Crippen molar-refractivity contribution < 1.29 is 9.18 Å². The number of carbonyl (C=O) groups is 1. The fraction of sp³-hybridized carbons (Fsp3) is 0.350. The van der Waals surface area contributed by atoms with Gasteiger partial charge in [-0.2, -0.15) is 0 Å². The Labute approximate surface area is 153 Å². The molecule has 0 fully saturated rings. The summed E-state index contributed by atoms with van der Waals surface area (Å²) in [6.45, 7) is 3.32. The van der Waals surface area contributed by atoms with Crippen molar-refractivity contribution in [2.75, 3.05) is 31.3 Å². The lowest BCUT2D eigenvalue weighted by molar-refractivity contribution is -0.131. The molecule has 3 nitrogen and oxygen atoms in total. The molecule has 0 unspecified atom stereocenters. The summed E-state index contributed by atoms with van der Waals surface area (Å²) in [5.41, 5.74) is 2.28. The van der Waals surface area contributed by atoms with E-state index in [1.165, 1.54) is 12.1 Å². The van der Waals surface area contributed by atoms with Crippen molar-refractivity contribution >= 4 is 23.4 Å². The molecular formula is C20H25FN2OS. The minimum Gasteiger partial charge on any atom is -0.378 e. The van der Waals surface area contributed by atoms with Gasteiger partial charge in [0.25, 0.3) is 0 Å². The quantitative estimate of drug-likeness (QED) is 0.651. The van der Waals surface area contributed by atoms with E-state index in [-0.39, 0.29) is 11.7 Å². The van der Waals surface area contributed by atoms with Crippen LogP contribution in [0.1, 0.15) is 18.9 Å². The molecule has 0 spiro atoms. The average molecular weight is 360 g/mol. The van der Waals surface area contributed by atoms with E-state index in [1.54, 1.807) is 23.9 Å². The van der Waals surface area contributed by atoms with Gasteiger partial charge in [-0.05, 0) is 48.9 Å². The molecule has 0 aliphatic heterocycles. The molecule has 0 aromatic heterocycles. The summed E-state index contributed by atoms with van der Waals surface area (Å²) in [5, 5.41) is 0. The SMILES string of the molecule is CCN(Cc1ccc(N(C)C)cc1)C(=O)CCSc1ccc(F)cc1. The lowest BCUT2D eigenvalue weighted by atomic mass is 10.2. The van der Waals surface area contributed by atoms with Crippen LogP contribution in [0.25, 0.3) is 0 Å². The van der Waals surface area contributed by atoms with Gasteiger partial charge < -0.3 is 9.80 Å². The molecule has 0 atom stereocenters. The third-order valence-electron chi connectivity index (χ3n) is 3.96.